The highest BCUT2D eigenvalue weighted by molar-refractivity contribution is 6.33. The first-order valence-electron chi connectivity index (χ1n) is 10.9. The maximum atomic E-state index is 12.0. The predicted molar refractivity (Wildman–Crippen MR) is 134 cm³/mol. The lowest BCUT2D eigenvalue weighted by Crippen LogP contribution is -2.41. The van der Waals surface area contributed by atoms with Crippen molar-refractivity contribution >= 4 is 34.1 Å². The van der Waals surface area contributed by atoms with Crippen LogP contribution in [-0.4, -0.2) is 58.1 Å². The van der Waals surface area contributed by atoms with Crippen LogP contribution in [0.2, 0.25) is 5.02 Å². The van der Waals surface area contributed by atoms with Crippen molar-refractivity contribution in [2.45, 2.75) is 0 Å². The second-order valence-corrected chi connectivity index (χ2v) is 8.59. The lowest BCUT2D eigenvalue weighted by atomic mass is 9.99. The predicted octanol–water partition coefficient (Wildman–Crippen LogP) is 4.13. The molecule has 0 spiro atoms. The zero-order valence-corrected chi connectivity index (χ0v) is 19.3. The standard InChI is InChI=1S/C24H23ClN8O/c1-32-10-12-33(13-11-32)31-30-16-8-6-15(7-9-16)20-14-18(17-4-2-3-5-19(17)25)21-22(26)28-24(34)29-23(21)27-20/h2-9,14H,10-13H2,1H3,(H3,26,27,28,29,34). The Morgan fingerprint density at radius 2 is 1.74 bits per heavy atom. The molecule has 2 aromatic heterocycles. The number of rotatable bonds is 4. The van der Waals surface area contributed by atoms with Gasteiger partial charge in [-0.2, -0.15) is 4.98 Å². The number of aromatic nitrogens is 3. The zero-order chi connectivity index (χ0) is 23.7. The van der Waals surface area contributed by atoms with E-state index in [0.717, 1.165) is 48.6 Å². The number of nitrogens with zero attached hydrogens (tertiary/aromatic N) is 6. The Labute approximate surface area is 200 Å². The summed E-state index contributed by atoms with van der Waals surface area (Å²) in [7, 11) is 2.10. The quantitative estimate of drug-likeness (QED) is 0.429. The van der Waals surface area contributed by atoms with Crippen molar-refractivity contribution in [1.29, 1.82) is 0 Å². The zero-order valence-electron chi connectivity index (χ0n) is 18.6. The summed E-state index contributed by atoms with van der Waals surface area (Å²) in [6, 6.07) is 17.0. The van der Waals surface area contributed by atoms with E-state index in [4.69, 9.17) is 17.3 Å². The molecule has 0 amide bonds. The largest absolute Gasteiger partial charge is 0.385 e. The average molecular weight is 475 g/mol. The van der Waals surface area contributed by atoms with Crippen LogP contribution in [0, 0.1) is 0 Å². The summed E-state index contributed by atoms with van der Waals surface area (Å²) in [6.45, 7) is 3.67. The minimum Gasteiger partial charge on any atom is -0.385 e. The summed E-state index contributed by atoms with van der Waals surface area (Å²) < 4.78 is 0. The Hall–Kier alpha value is -3.82. The van der Waals surface area contributed by atoms with Crippen LogP contribution in [0.25, 0.3) is 33.4 Å². The number of hydrogen-bond donors (Lipinski definition) is 2. The van der Waals surface area contributed by atoms with Crippen molar-refractivity contribution in [3.8, 4) is 22.4 Å². The van der Waals surface area contributed by atoms with E-state index in [-0.39, 0.29) is 11.5 Å². The number of nitrogens with two attached hydrogens (primary N) is 1. The minimum absolute atomic E-state index is 0.198. The molecule has 9 nitrogen and oxygen atoms in total. The molecule has 3 heterocycles. The van der Waals surface area contributed by atoms with E-state index in [1.807, 2.05) is 53.5 Å². The Morgan fingerprint density at radius 3 is 2.47 bits per heavy atom. The maximum Gasteiger partial charge on any atom is 0.348 e. The summed E-state index contributed by atoms with van der Waals surface area (Å²) >= 11 is 6.49. The van der Waals surface area contributed by atoms with E-state index < -0.39 is 5.69 Å². The first-order chi connectivity index (χ1) is 16.5. The molecule has 0 saturated carbocycles. The average Bonchev–Trinajstić information content (AvgIpc) is 2.83. The molecule has 10 heteroatoms. The van der Waals surface area contributed by atoms with E-state index in [1.54, 1.807) is 6.07 Å². The number of likely N-dealkylation sites (N-methyl/N-ethyl adjacent to an activating group) is 1. The van der Waals surface area contributed by atoms with E-state index >= 15 is 0 Å². The van der Waals surface area contributed by atoms with Gasteiger partial charge >= 0.3 is 5.69 Å². The van der Waals surface area contributed by atoms with E-state index in [0.29, 0.717) is 16.1 Å². The third kappa shape index (κ3) is 4.48. The first kappa shape index (κ1) is 22.0. The molecular weight excluding hydrogens is 452 g/mol. The Morgan fingerprint density at radius 1 is 1.00 bits per heavy atom. The van der Waals surface area contributed by atoms with Crippen LogP contribution in [-0.2, 0) is 0 Å². The molecule has 2 aromatic carbocycles. The summed E-state index contributed by atoms with van der Waals surface area (Å²) in [6.07, 6.45) is 0. The summed E-state index contributed by atoms with van der Waals surface area (Å²) in [5.74, 6) is 0.198. The number of piperazine rings is 1. The van der Waals surface area contributed by atoms with Crippen LogP contribution in [0.4, 0.5) is 11.5 Å². The maximum absolute atomic E-state index is 12.0. The number of halogens is 1. The van der Waals surface area contributed by atoms with Gasteiger partial charge < -0.3 is 10.6 Å². The van der Waals surface area contributed by atoms with Crippen molar-refractivity contribution in [3.63, 3.8) is 0 Å². The number of H-pyrrole nitrogens is 1. The molecule has 0 unspecified atom stereocenters. The van der Waals surface area contributed by atoms with Gasteiger partial charge in [-0.05, 0) is 36.9 Å². The van der Waals surface area contributed by atoms with Crippen LogP contribution in [0.1, 0.15) is 0 Å². The second-order valence-electron chi connectivity index (χ2n) is 8.18. The van der Waals surface area contributed by atoms with Gasteiger partial charge in [-0.25, -0.2) is 9.78 Å². The minimum atomic E-state index is -0.556. The molecule has 4 aromatic rings. The fourth-order valence-electron chi connectivity index (χ4n) is 3.92. The van der Waals surface area contributed by atoms with Gasteiger partial charge in [-0.15, -0.1) is 5.11 Å². The molecule has 5 rings (SSSR count). The molecule has 1 saturated heterocycles. The number of anilines is 1. The fraction of sp³-hybridized carbons (Fsp3) is 0.208. The number of nitrogen functional groups attached to an aromatic ring is 1. The Kier molecular flexibility index (Phi) is 5.95. The molecule has 34 heavy (non-hydrogen) atoms. The first-order valence-corrected chi connectivity index (χ1v) is 11.3. The molecular formula is C24H23ClN8O. The number of hydrogen-bond acceptors (Lipinski definition) is 7. The summed E-state index contributed by atoms with van der Waals surface area (Å²) in [4.78, 5) is 25.5. The molecule has 0 radical (unpaired) electrons. The lowest BCUT2D eigenvalue weighted by Gasteiger charge is -2.29. The smallest absolute Gasteiger partial charge is 0.348 e. The molecule has 3 N–H and O–H groups in total. The third-order valence-electron chi connectivity index (χ3n) is 5.81. The van der Waals surface area contributed by atoms with Gasteiger partial charge in [-0.1, -0.05) is 47.2 Å². The van der Waals surface area contributed by atoms with Gasteiger partial charge in [0.05, 0.1) is 29.9 Å². The van der Waals surface area contributed by atoms with Crippen LogP contribution < -0.4 is 11.4 Å². The molecule has 0 atom stereocenters. The lowest BCUT2D eigenvalue weighted by molar-refractivity contribution is 0.150. The molecule has 1 aliphatic rings. The van der Waals surface area contributed by atoms with Crippen molar-refractivity contribution in [2.75, 3.05) is 39.0 Å². The number of pyridine rings is 1. The Balaban J connectivity index is 1.53. The van der Waals surface area contributed by atoms with Crippen LogP contribution in [0.3, 0.4) is 0 Å². The van der Waals surface area contributed by atoms with Crippen LogP contribution in [0.5, 0.6) is 0 Å². The number of fused-ring (bicyclic) bond motifs is 1. The second kappa shape index (κ2) is 9.20. The monoisotopic (exact) mass is 474 g/mol. The molecule has 0 aliphatic carbocycles. The van der Waals surface area contributed by atoms with Gasteiger partial charge in [0.15, 0.2) is 5.65 Å². The summed E-state index contributed by atoms with van der Waals surface area (Å²) in [5, 5.41) is 11.8. The molecule has 1 aliphatic heterocycles. The molecule has 1 fully saturated rings. The van der Waals surface area contributed by atoms with Crippen molar-refractivity contribution in [2.24, 2.45) is 10.3 Å². The van der Waals surface area contributed by atoms with Crippen molar-refractivity contribution in [1.82, 2.24) is 24.9 Å². The van der Waals surface area contributed by atoms with Gasteiger partial charge in [0.2, 0.25) is 0 Å². The van der Waals surface area contributed by atoms with E-state index in [1.165, 1.54) is 0 Å². The highest BCUT2D eigenvalue weighted by atomic mass is 35.5. The highest BCUT2D eigenvalue weighted by Crippen LogP contribution is 2.36. The van der Waals surface area contributed by atoms with Gasteiger partial charge in [-0.3, -0.25) is 9.99 Å². The van der Waals surface area contributed by atoms with E-state index in [9.17, 15) is 4.79 Å². The van der Waals surface area contributed by atoms with Crippen LogP contribution in [0.15, 0.2) is 69.7 Å². The molecule has 172 valence electrons. The molecule has 0 bridgehead atoms. The Bertz CT molecular complexity index is 1430. The number of nitrogens with one attached hydrogen (secondary N) is 1. The van der Waals surface area contributed by atoms with Gasteiger partial charge in [0.1, 0.15) is 5.82 Å². The van der Waals surface area contributed by atoms with Gasteiger partial charge in [0.25, 0.3) is 0 Å². The van der Waals surface area contributed by atoms with E-state index in [2.05, 4.69) is 37.2 Å². The SMILES string of the molecule is CN1CCN(N=Nc2ccc(-c3cc(-c4ccccc4Cl)c4c(N)[nH]c(=O)nc4n3)cc2)CC1. The third-order valence-corrected chi connectivity index (χ3v) is 6.14. The van der Waals surface area contributed by atoms with Gasteiger partial charge in [0, 0.05) is 29.2 Å². The number of benzene rings is 2. The summed E-state index contributed by atoms with van der Waals surface area (Å²) in [5.41, 5.74) is 9.59. The fourth-order valence-corrected chi connectivity index (χ4v) is 4.16. The van der Waals surface area contributed by atoms with Crippen LogP contribution >= 0.6 is 11.6 Å². The highest BCUT2D eigenvalue weighted by Gasteiger charge is 2.16. The van der Waals surface area contributed by atoms with Crippen molar-refractivity contribution in [3.05, 3.63) is 70.1 Å². The van der Waals surface area contributed by atoms with Crippen molar-refractivity contribution < 1.29 is 0 Å². The normalized spacial score (nSPS) is 14.8. The topological polar surface area (TPSA) is 116 Å². The number of aromatic amines is 1.